The molecule has 1 fully saturated rings. The molecule has 110 valence electrons. The molecular weight excluding hydrogens is 258 g/mol. The molecule has 0 atom stereocenters. The van der Waals surface area contributed by atoms with Crippen LogP contribution in [0.4, 0.5) is 10.7 Å². The number of ether oxygens (including phenoxy) is 1. The number of carbonyl (C=O) groups is 1. The summed E-state index contributed by atoms with van der Waals surface area (Å²) in [6.45, 7) is 5.58. The molecule has 0 bridgehead atoms. The van der Waals surface area contributed by atoms with E-state index < -0.39 is 11.7 Å². The average Bonchev–Trinajstić information content (AvgIpc) is 3.10. The zero-order valence-corrected chi connectivity index (χ0v) is 12.1. The Kier molecular flexibility index (Phi) is 3.94. The van der Waals surface area contributed by atoms with Gasteiger partial charge in [0, 0.05) is 19.0 Å². The van der Waals surface area contributed by atoms with Gasteiger partial charge in [-0.25, -0.2) is 14.8 Å². The van der Waals surface area contributed by atoms with E-state index in [1.807, 2.05) is 0 Å². The third-order valence-corrected chi connectivity index (χ3v) is 3.19. The Labute approximate surface area is 118 Å². The molecule has 0 unspecified atom stereocenters. The van der Waals surface area contributed by atoms with Gasteiger partial charge in [0.25, 0.3) is 0 Å². The first-order chi connectivity index (χ1) is 9.32. The van der Waals surface area contributed by atoms with Crippen LogP contribution in [-0.4, -0.2) is 33.4 Å². The van der Waals surface area contributed by atoms with Crippen molar-refractivity contribution >= 4 is 12.0 Å². The monoisotopic (exact) mass is 279 g/mol. The molecule has 0 radical (unpaired) electrons. The van der Waals surface area contributed by atoms with Crippen LogP contribution in [0.1, 0.15) is 39.2 Å². The van der Waals surface area contributed by atoms with Crippen molar-refractivity contribution in [3.05, 3.63) is 18.0 Å². The van der Waals surface area contributed by atoms with E-state index in [0.717, 1.165) is 24.8 Å². The largest absolute Gasteiger partial charge is 0.444 e. The maximum atomic E-state index is 11.6. The van der Waals surface area contributed by atoms with Crippen molar-refractivity contribution in [2.24, 2.45) is 5.41 Å². The minimum Gasteiger partial charge on any atom is -0.444 e. The lowest BCUT2D eigenvalue weighted by molar-refractivity contribution is 0.0634. The zero-order valence-electron chi connectivity index (χ0n) is 12.1. The van der Waals surface area contributed by atoms with Crippen LogP contribution < -0.4 is 5.32 Å². The SMILES string of the molecule is CC(C)(C)OC(=O)Nc1ncc(CC2(CO)CC2)cn1. The highest BCUT2D eigenvalue weighted by atomic mass is 16.6. The molecule has 2 N–H and O–H groups in total. The van der Waals surface area contributed by atoms with Gasteiger partial charge in [-0.1, -0.05) is 0 Å². The van der Waals surface area contributed by atoms with E-state index in [9.17, 15) is 9.90 Å². The Morgan fingerprint density at radius 1 is 1.40 bits per heavy atom. The lowest BCUT2D eigenvalue weighted by atomic mass is 10.00. The number of rotatable bonds is 4. The minimum absolute atomic E-state index is 0.0312. The van der Waals surface area contributed by atoms with Crippen molar-refractivity contribution in [1.82, 2.24) is 9.97 Å². The van der Waals surface area contributed by atoms with E-state index in [1.165, 1.54) is 0 Å². The Morgan fingerprint density at radius 3 is 2.45 bits per heavy atom. The number of aliphatic hydroxyl groups is 1. The van der Waals surface area contributed by atoms with Crippen LogP contribution in [0, 0.1) is 5.41 Å². The summed E-state index contributed by atoms with van der Waals surface area (Å²) < 4.78 is 5.12. The summed E-state index contributed by atoms with van der Waals surface area (Å²) >= 11 is 0. The standard InChI is InChI=1S/C14H21N3O3/c1-13(2,3)20-12(19)17-11-15-7-10(8-16-11)6-14(9-18)4-5-14/h7-8,18H,4-6,9H2,1-3H3,(H,15,16,17,19). The number of amides is 1. The Balaban J connectivity index is 1.90. The molecule has 1 heterocycles. The number of aliphatic hydroxyl groups excluding tert-OH is 1. The van der Waals surface area contributed by atoms with Crippen LogP contribution in [0.25, 0.3) is 0 Å². The van der Waals surface area contributed by atoms with Gasteiger partial charge in [0.1, 0.15) is 5.60 Å². The van der Waals surface area contributed by atoms with Gasteiger partial charge in [0.05, 0.1) is 0 Å². The van der Waals surface area contributed by atoms with Crippen LogP contribution in [0.3, 0.4) is 0 Å². The molecule has 2 rings (SSSR count). The average molecular weight is 279 g/mol. The summed E-state index contributed by atoms with van der Waals surface area (Å²) in [7, 11) is 0. The van der Waals surface area contributed by atoms with Crippen LogP contribution in [0.15, 0.2) is 12.4 Å². The predicted octanol–water partition coefficient (Wildman–Crippen LogP) is 2.14. The van der Waals surface area contributed by atoms with Gasteiger partial charge in [-0.15, -0.1) is 0 Å². The molecule has 20 heavy (non-hydrogen) atoms. The topological polar surface area (TPSA) is 84.3 Å². The second-order valence-corrected chi connectivity index (χ2v) is 6.38. The summed E-state index contributed by atoms with van der Waals surface area (Å²) in [4.78, 5) is 19.7. The molecule has 0 aromatic carbocycles. The van der Waals surface area contributed by atoms with Crippen molar-refractivity contribution in [3.63, 3.8) is 0 Å². The van der Waals surface area contributed by atoms with Gasteiger partial charge in [-0.2, -0.15) is 0 Å². The van der Waals surface area contributed by atoms with E-state index in [-0.39, 0.29) is 18.0 Å². The van der Waals surface area contributed by atoms with Crippen LogP contribution in [0.2, 0.25) is 0 Å². The van der Waals surface area contributed by atoms with Gasteiger partial charge in [0.2, 0.25) is 5.95 Å². The van der Waals surface area contributed by atoms with Crippen LogP contribution in [0.5, 0.6) is 0 Å². The van der Waals surface area contributed by atoms with E-state index >= 15 is 0 Å². The predicted molar refractivity (Wildman–Crippen MR) is 74.3 cm³/mol. The van der Waals surface area contributed by atoms with Crippen LogP contribution >= 0.6 is 0 Å². The summed E-state index contributed by atoms with van der Waals surface area (Å²) in [5.74, 6) is 0.219. The second kappa shape index (κ2) is 5.36. The molecule has 6 nitrogen and oxygen atoms in total. The smallest absolute Gasteiger partial charge is 0.414 e. The zero-order chi connectivity index (χ0) is 14.8. The maximum Gasteiger partial charge on any atom is 0.414 e. The first kappa shape index (κ1) is 14.7. The molecule has 0 saturated heterocycles. The molecular formula is C14H21N3O3. The molecule has 1 aromatic rings. The van der Waals surface area contributed by atoms with Gasteiger partial charge < -0.3 is 9.84 Å². The van der Waals surface area contributed by atoms with E-state index in [4.69, 9.17) is 4.74 Å². The number of anilines is 1. The Morgan fingerprint density at radius 2 is 2.00 bits per heavy atom. The third kappa shape index (κ3) is 4.16. The maximum absolute atomic E-state index is 11.6. The fraction of sp³-hybridized carbons (Fsp3) is 0.643. The van der Waals surface area contributed by atoms with Gasteiger partial charge >= 0.3 is 6.09 Å². The fourth-order valence-corrected chi connectivity index (χ4v) is 1.91. The highest BCUT2D eigenvalue weighted by Gasteiger charge is 2.41. The summed E-state index contributed by atoms with van der Waals surface area (Å²) in [5, 5.41) is 11.8. The summed E-state index contributed by atoms with van der Waals surface area (Å²) in [5.41, 5.74) is 0.443. The minimum atomic E-state index is -0.570. The quantitative estimate of drug-likeness (QED) is 0.882. The number of hydrogen-bond donors (Lipinski definition) is 2. The van der Waals surface area contributed by atoms with E-state index in [1.54, 1.807) is 33.2 Å². The highest BCUT2D eigenvalue weighted by Crippen LogP contribution is 2.47. The number of nitrogens with one attached hydrogen (secondary N) is 1. The van der Waals surface area contributed by atoms with Gasteiger partial charge in [0.15, 0.2) is 0 Å². The molecule has 1 aliphatic carbocycles. The molecule has 6 heteroatoms. The number of carbonyl (C=O) groups excluding carboxylic acids is 1. The van der Waals surface area contributed by atoms with Crippen molar-refractivity contribution in [2.75, 3.05) is 11.9 Å². The molecule has 1 amide bonds. The van der Waals surface area contributed by atoms with E-state index in [2.05, 4.69) is 15.3 Å². The fourth-order valence-electron chi connectivity index (χ4n) is 1.91. The molecule has 1 saturated carbocycles. The summed E-state index contributed by atoms with van der Waals surface area (Å²) in [6.07, 6.45) is 5.64. The molecule has 1 aliphatic rings. The Bertz CT molecular complexity index is 475. The van der Waals surface area contributed by atoms with Crippen molar-refractivity contribution in [2.45, 2.75) is 45.6 Å². The van der Waals surface area contributed by atoms with Crippen molar-refractivity contribution in [1.29, 1.82) is 0 Å². The lowest BCUT2D eigenvalue weighted by Crippen LogP contribution is -2.27. The first-order valence-electron chi connectivity index (χ1n) is 6.74. The van der Waals surface area contributed by atoms with Crippen molar-refractivity contribution < 1.29 is 14.6 Å². The molecule has 0 spiro atoms. The van der Waals surface area contributed by atoms with Crippen molar-refractivity contribution in [3.8, 4) is 0 Å². The van der Waals surface area contributed by atoms with E-state index in [0.29, 0.717) is 0 Å². The lowest BCUT2D eigenvalue weighted by Gasteiger charge is -2.19. The number of aromatic nitrogens is 2. The van der Waals surface area contributed by atoms with Gasteiger partial charge in [-0.05, 0) is 51.0 Å². The number of nitrogens with zero attached hydrogens (tertiary/aromatic N) is 2. The highest BCUT2D eigenvalue weighted by molar-refractivity contribution is 5.82. The van der Waals surface area contributed by atoms with Crippen LogP contribution in [-0.2, 0) is 11.2 Å². The second-order valence-electron chi connectivity index (χ2n) is 6.38. The number of hydrogen-bond acceptors (Lipinski definition) is 5. The molecule has 1 aromatic heterocycles. The third-order valence-electron chi connectivity index (χ3n) is 3.19. The first-order valence-corrected chi connectivity index (χ1v) is 6.74. The molecule has 0 aliphatic heterocycles. The normalized spacial score (nSPS) is 16.6. The van der Waals surface area contributed by atoms with Gasteiger partial charge in [-0.3, -0.25) is 5.32 Å². The Hall–Kier alpha value is -1.69. The summed E-state index contributed by atoms with van der Waals surface area (Å²) in [6, 6.07) is 0.